The Labute approximate surface area is 247 Å². The Balaban J connectivity index is 1.49. The van der Waals surface area contributed by atoms with Gasteiger partial charge in [-0.25, -0.2) is 4.98 Å². The average molecular weight is 603 g/mol. The first kappa shape index (κ1) is 26.8. The summed E-state index contributed by atoms with van der Waals surface area (Å²) in [4.78, 5) is 32.0. The van der Waals surface area contributed by atoms with E-state index in [1.165, 1.54) is 15.9 Å². The number of halogens is 2. The van der Waals surface area contributed by atoms with Crippen molar-refractivity contribution >= 4 is 51.4 Å². The molecule has 41 heavy (non-hydrogen) atoms. The second-order valence-corrected chi connectivity index (χ2v) is 11.5. The van der Waals surface area contributed by atoms with Gasteiger partial charge in [0, 0.05) is 17.1 Å². The van der Waals surface area contributed by atoms with E-state index in [2.05, 4.69) is 20.6 Å². The zero-order valence-corrected chi connectivity index (χ0v) is 23.5. The van der Waals surface area contributed by atoms with E-state index in [0.29, 0.717) is 36.8 Å². The molecule has 1 atom stereocenters. The minimum atomic E-state index is -1.02. The van der Waals surface area contributed by atoms with E-state index in [9.17, 15) is 14.7 Å². The maximum Gasteiger partial charge on any atom is 0.308 e. The van der Waals surface area contributed by atoms with Gasteiger partial charge in [-0.05, 0) is 64.7 Å². The minimum Gasteiger partial charge on any atom is -0.481 e. The number of thiophene rings is 1. The largest absolute Gasteiger partial charge is 0.481 e. The molecule has 0 fully saturated rings. The highest BCUT2D eigenvalue weighted by Crippen LogP contribution is 2.33. The van der Waals surface area contributed by atoms with Gasteiger partial charge in [-0.15, -0.1) is 21.5 Å². The van der Waals surface area contributed by atoms with Gasteiger partial charge < -0.3 is 5.11 Å². The number of hydrogen-bond donors (Lipinski definition) is 2. The Morgan fingerprint density at radius 1 is 1.00 bits per heavy atom. The van der Waals surface area contributed by atoms with E-state index in [0.717, 1.165) is 22.3 Å². The van der Waals surface area contributed by atoms with Gasteiger partial charge in [-0.2, -0.15) is 5.21 Å². The summed E-state index contributed by atoms with van der Waals surface area (Å²) in [6.45, 7) is -0.0890. The van der Waals surface area contributed by atoms with Crippen LogP contribution in [0, 0.1) is 5.92 Å². The van der Waals surface area contributed by atoms with E-state index >= 15 is 0 Å². The van der Waals surface area contributed by atoms with Crippen LogP contribution >= 0.6 is 34.5 Å². The number of aromatic amines is 1. The Kier molecular flexibility index (Phi) is 7.36. The molecule has 2 N–H and O–H groups in total. The monoisotopic (exact) mass is 602 g/mol. The van der Waals surface area contributed by atoms with Crippen LogP contribution in [0.4, 0.5) is 0 Å². The Hall–Kier alpha value is -4.38. The van der Waals surface area contributed by atoms with Crippen molar-refractivity contribution in [2.75, 3.05) is 0 Å². The number of rotatable bonds is 8. The number of hydrogen-bond acceptors (Lipinski definition) is 7. The van der Waals surface area contributed by atoms with Gasteiger partial charge in [-0.1, -0.05) is 65.7 Å². The SMILES string of the molecule is O=C(O)C(Cc1ccc(Cl)cc1)Cn1c(-c2ccc(Cl)s2)nc2ccc(-c3ccccc3-c3nn[nH]n3)cc2c1=O. The zero-order chi connectivity index (χ0) is 28.5. The van der Waals surface area contributed by atoms with Gasteiger partial charge in [0.2, 0.25) is 5.82 Å². The summed E-state index contributed by atoms with van der Waals surface area (Å²) in [5.41, 5.74) is 3.23. The van der Waals surface area contributed by atoms with Crippen LogP contribution in [0.1, 0.15) is 5.56 Å². The van der Waals surface area contributed by atoms with Crippen molar-refractivity contribution < 1.29 is 9.90 Å². The first-order valence-electron chi connectivity index (χ1n) is 12.5. The van der Waals surface area contributed by atoms with E-state index < -0.39 is 11.9 Å². The maximum absolute atomic E-state index is 14.1. The molecule has 0 spiro atoms. The minimum absolute atomic E-state index is 0.0890. The molecule has 0 aliphatic heterocycles. The highest BCUT2D eigenvalue weighted by Gasteiger charge is 2.24. The number of tetrazole rings is 1. The Morgan fingerprint density at radius 3 is 2.46 bits per heavy atom. The lowest BCUT2D eigenvalue weighted by Gasteiger charge is -2.18. The number of nitrogens with zero attached hydrogens (tertiary/aromatic N) is 5. The number of nitrogens with one attached hydrogen (secondary N) is 1. The van der Waals surface area contributed by atoms with Crippen molar-refractivity contribution in [2.24, 2.45) is 5.92 Å². The summed E-state index contributed by atoms with van der Waals surface area (Å²) in [5, 5.41) is 25.4. The Bertz CT molecular complexity index is 1940. The van der Waals surface area contributed by atoms with Crippen LogP contribution in [0.25, 0.3) is 44.1 Å². The number of benzene rings is 3. The van der Waals surface area contributed by atoms with Crippen LogP contribution < -0.4 is 5.56 Å². The molecule has 0 aliphatic rings. The van der Waals surface area contributed by atoms with Gasteiger partial charge in [0.05, 0.1) is 26.0 Å². The summed E-state index contributed by atoms with van der Waals surface area (Å²) in [6.07, 6.45) is 0.208. The molecule has 204 valence electrons. The lowest BCUT2D eigenvalue weighted by atomic mass is 9.97. The molecule has 0 aliphatic carbocycles. The van der Waals surface area contributed by atoms with Crippen molar-refractivity contribution in [1.82, 2.24) is 30.2 Å². The van der Waals surface area contributed by atoms with Crippen molar-refractivity contribution in [1.29, 1.82) is 0 Å². The fraction of sp³-hybridized carbons (Fsp3) is 0.103. The zero-order valence-electron chi connectivity index (χ0n) is 21.2. The standard InChI is InChI=1S/C29H20Cl2N6O3S/c30-19-8-5-16(6-9-19)13-18(29(39)40)15-37-27(24-11-12-25(31)41-24)32-23-10-7-17(14-22(23)28(37)38)20-3-1-2-4-21(20)26-33-35-36-34-26/h1-12,14,18H,13,15H2,(H,39,40)(H,33,34,35,36). The molecular weight excluding hydrogens is 583 g/mol. The number of carboxylic acids is 1. The first-order chi connectivity index (χ1) is 19.9. The molecule has 3 aromatic heterocycles. The molecule has 0 saturated carbocycles. The summed E-state index contributed by atoms with van der Waals surface area (Å²) in [6, 6.07) is 23.5. The highest BCUT2D eigenvalue weighted by atomic mass is 35.5. The second-order valence-electron chi connectivity index (χ2n) is 9.33. The van der Waals surface area contributed by atoms with Gasteiger partial charge >= 0.3 is 5.97 Å². The molecule has 0 bridgehead atoms. The molecule has 3 aromatic carbocycles. The highest BCUT2D eigenvalue weighted by molar-refractivity contribution is 7.19. The van der Waals surface area contributed by atoms with E-state index in [1.807, 2.05) is 30.3 Å². The Morgan fingerprint density at radius 2 is 1.78 bits per heavy atom. The number of carbonyl (C=O) groups is 1. The van der Waals surface area contributed by atoms with Crippen molar-refractivity contribution in [3.63, 3.8) is 0 Å². The fourth-order valence-corrected chi connectivity index (χ4v) is 5.91. The molecular formula is C29H20Cl2N6O3S. The molecule has 9 nitrogen and oxygen atoms in total. The van der Waals surface area contributed by atoms with E-state index in [1.54, 1.807) is 48.5 Å². The van der Waals surface area contributed by atoms with Crippen molar-refractivity contribution in [3.05, 3.63) is 104 Å². The molecule has 6 rings (SSSR count). The summed E-state index contributed by atoms with van der Waals surface area (Å²) in [7, 11) is 0. The van der Waals surface area contributed by atoms with Gasteiger partial charge in [0.25, 0.3) is 5.56 Å². The molecule has 1 unspecified atom stereocenters. The number of H-pyrrole nitrogens is 1. The maximum atomic E-state index is 14.1. The second kappa shape index (κ2) is 11.2. The normalized spacial score (nSPS) is 12.0. The van der Waals surface area contributed by atoms with Crippen LogP contribution in [0.5, 0.6) is 0 Å². The van der Waals surface area contributed by atoms with Crippen LogP contribution in [0.2, 0.25) is 9.36 Å². The third-order valence-electron chi connectivity index (χ3n) is 6.72. The van der Waals surface area contributed by atoms with Gasteiger partial charge in [0.1, 0.15) is 0 Å². The quantitative estimate of drug-likeness (QED) is 0.211. The third-order valence-corrected chi connectivity index (χ3v) is 8.20. The predicted octanol–water partition coefficient (Wildman–Crippen LogP) is 6.22. The van der Waals surface area contributed by atoms with Gasteiger partial charge in [-0.3, -0.25) is 14.2 Å². The third kappa shape index (κ3) is 5.49. The first-order valence-corrected chi connectivity index (χ1v) is 14.1. The summed E-state index contributed by atoms with van der Waals surface area (Å²) < 4.78 is 1.97. The smallest absolute Gasteiger partial charge is 0.308 e. The lowest BCUT2D eigenvalue weighted by molar-refractivity contribution is -0.142. The summed E-state index contributed by atoms with van der Waals surface area (Å²) >= 11 is 13.5. The topological polar surface area (TPSA) is 127 Å². The van der Waals surface area contributed by atoms with E-state index in [4.69, 9.17) is 28.2 Å². The molecule has 0 radical (unpaired) electrons. The van der Waals surface area contributed by atoms with Crippen LogP contribution in [0.15, 0.2) is 83.7 Å². The molecule has 3 heterocycles. The van der Waals surface area contributed by atoms with Crippen LogP contribution in [-0.2, 0) is 17.8 Å². The molecule has 0 amide bonds. The van der Waals surface area contributed by atoms with Crippen molar-refractivity contribution in [2.45, 2.75) is 13.0 Å². The summed E-state index contributed by atoms with van der Waals surface area (Å²) in [5.74, 6) is -1.14. The number of aromatic nitrogens is 6. The lowest BCUT2D eigenvalue weighted by Crippen LogP contribution is -2.31. The number of aliphatic carboxylic acids is 1. The fourth-order valence-electron chi connectivity index (χ4n) is 4.74. The van der Waals surface area contributed by atoms with Crippen LogP contribution in [-0.4, -0.2) is 41.3 Å². The average Bonchev–Trinajstić information content (AvgIpc) is 3.67. The van der Waals surface area contributed by atoms with Gasteiger partial charge in [0.15, 0.2) is 5.82 Å². The van der Waals surface area contributed by atoms with Crippen molar-refractivity contribution in [3.8, 4) is 33.2 Å². The molecule has 0 saturated heterocycles. The number of carboxylic acid groups (broad SMARTS) is 1. The number of fused-ring (bicyclic) bond motifs is 1. The molecule has 12 heteroatoms. The van der Waals surface area contributed by atoms with E-state index in [-0.39, 0.29) is 18.5 Å². The predicted molar refractivity (Wildman–Crippen MR) is 159 cm³/mol. The van der Waals surface area contributed by atoms with Crippen LogP contribution in [0.3, 0.4) is 0 Å². The molecule has 6 aromatic rings.